The Morgan fingerprint density at radius 1 is 1.23 bits per heavy atom. The zero-order valence-corrected chi connectivity index (χ0v) is 14.0. The van der Waals surface area contributed by atoms with E-state index in [9.17, 15) is 9.90 Å². The summed E-state index contributed by atoms with van der Waals surface area (Å²) in [6.07, 6.45) is -1.72. The van der Waals surface area contributed by atoms with Crippen LogP contribution in [0.5, 0.6) is 0 Å². The summed E-state index contributed by atoms with van der Waals surface area (Å²) in [7, 11) is -1.56. The van der Waals surface area contributed by atoms with Gasteiger partial charge in [-0.3, -0.25) is 0 Å². The first-order valence-corrected chi connectivity index (χ1v) is 8.29. The van der Waals surface area contributed by atoms with Crippen molar-refractivity contribution < 1.29 is 23.7 Å². The lowest BCUT2D eigenvalue weighted by atomic mass is 10.2. The lowest BCUT2D eigenvalue weighted by Crippen LogP contribution is -2.19. The third-order valence-corrected chi connectivity index (χ3v) is 4.30. The van der Waals surface area contributed by atoms with Crippen molar-refractivity contribution in [2.45, 2.75) is 33.5 Å². The van der Waals surface area contributed by atoms with Crippen molar-refractivity contribution in [3.8, 4) is 0 Å². The van der Waals surface area contributed by atoms with Crippen molar-refractivity contribution in [2.24, 2.45) is 4.99 Å². The van der Waals surface area contributed by atoms with E-state index >= 15 is 0 Å². The Morgan fingerprint density at radius 3 is 2.32 bits per heavy atom. The van der Waals surface area contributed by atoms with Crippen LogP contribution in [-0.2, 0) is 20.4 Å². The normalized spacial score (nSPS) is 13.2. The number of amides is 1. The zero-order chi connectivity index (χ0) is 16.4. The molecule has 0 saturated carbocycles. The van der Waals surface area contributed by atoms with Gasteiger partial charge in [0.05, 0.1) is 19.3 Å². The van der Waals surface area contributed by atoms with Crippen molar-refractivity contribution in [2.75, 3.05) is 13.2 Å². The SMILES string of the molecule is CCOP(OCC)C(=NC(=O)OCc1ccccc1)C(C)O. The predicted molar refractivity (Wildman–Crippen MR) is 85.9 cm³/mol. The summed E-state index contributed by atoms with van der Waals surface area (Å²) >= 11 is 0. The van der Waals surface area contributed by atoms with Crippen LogP contribution in [0, 0.1) is 0 Å². The molecule has 1 N–H and O–H groups in total. The highest BCUT2D eigenvalue weighted by Crippen LogP contribution is 2.41. The van der Waals surface area contributed by atoms with Crippen LogP contribution in [0.2, 0.25) is 0 Å². The van der Waals surface area contributed by atoms with Crippen molar-refractivity contribution in [3.63, 3.8) is 0 Å². The number of carbonyl (C=O) groups excluding carboxylic acids is 1. The summed E-state index contributed by atoms with van der Waals surface area (Å²) in [5.74, 6) is 0. The molecule has 122 valence electrons. The van der Waals surface area contributed by atoms with E-state index in [4.69, 9.17) is 13.8 Å². The smallest absolute Gasteiger partial charge is 0.434 e. The average molecular weight is 327 g/mol. The van der Waals surface area contributed by atoms with Gasteiger partial charge in [-0.05, 0) is 26.3 Å². The van der Waals surface area contributed by atoms with E-state index in [-0.39, 0.29) is 12.1 Å². The van der Waals surface area contributed by atoms with Gasteiger partial charge in [-0.15, -0.1) is 0 Å². The van der Waals surface area contributed by atoms with Crippen molar-refractivity contribution in [1.29, 1.82) is 0 Å². The average Bonchev–Trinajstić information content (AvgIpc) is 2.51. The molecule has 0 aromatic heterocycles. The first-order chi connectivity index (χ1) is 10.6. The Kier molecular flexibility index (Phi) is 8.85. The van der Waals surface area contributed by atoms with Crippen molar-refractivity contribution in [3.05, 3.63) is 35.9 Å². The molecule has 1 aromatic rings. The maximum Gasteiger partial charge on any atom is 0.434 e. The molecule has 1 aromatic carbocycles. The molecule has 1 rings (SSSR count). The number of aliphatic hydroxyl groups is 1. The minimum Gasteiger partial charge on any atom is -0.443 e. The summed E-state index contributed by atoms with van der Waals surface area (Å²) in [5, 5.41) is 9.79. The lowest BCUT2D eigenvalue weighted by Gasteiger charge is -2.19. The third kappa shape index (κ3) is 6.62. The fraction of sp³-hybridized carbons (Fsp3) is 0.467. The fourth-order valence-electron chi connectivity index (χ4n) is 1.54. The molecule has 22 heavy (non-hydrogen) atoms. The Labute approximate surface area is 132 Å². The number of aliphatic imine (C=N–C) groups is 1. The van der Waals surface area contributed by atoms with Crippen LogP contribution in [0.4, 0.5) is 4.79 Å². The molecular formula is C15H22NO5P. The van der Waals surface area contributed by atoms with Crippen LogP contribution in [0.1, 0.15) is 26.3 Å². The molecule has 0 aliphatic carbocycles. The summed E-state index contributed by atoms with van der Waals surface area (Å²) in [5.41, 5.74) is 1.03. The highest BCUT2D eigenvalue weighted by atomic mass is 31.2. The Balaban J connectivity index is 2.72. The Hall–Kier alpha value is -1.33. The summed E-state index contributed by atoms with van der Waals surface area (Å²) in [4.78, 5) is 15.6. The van der Waals surface area contributed by atoms with Gasteiger partial charge in [0.25, 0.3) is 0 Å². The number of carbonyl (C=O) groups is 1. The van der Waals surface area contributed by atoms with Crippen molar-refractivity contribution in [1.82, 2.24) is 0 Å². The minimum absolute atomic E-state index is 0.122. The standard InChI is InChI=1S/C15H22NO5P/c1-4-20-22(21-5-2)14(12(3)17)16-15(18)19-11-13-9-7-6-8-10-13/h6-10,12,17H,4-5,11H2,1-3H3. The molecule has 0 heterocycles. The molecular weight excluding hydrogens is 305 g/mol. The van der Waals surface area contributed by atoms with E-state index in [1.165, 1.54) is 6.92 Å². The van der Waals surface area contributed by atoms with Gasteiger partial charge in [-0.2, -0.15) is 4.99 Å². The van der Waals surface area contributed by atoms with Crippen LogP contribution >= 0.6 is 8.38 Å². The molecule has 0 fully saturated rings. The monoisotopic (exact) mass is 327 g/mol. The van der Waals surface area contributed by atoms with E-state index < -0.39 is 20.6 Å². The predicted octanol–water partition coefficient (Wildman–Crippen LogP) is 3.49. The number of benzene rings is 1. The molecule has 0 aliphatic heterocycles. The van der Waals surface area contributed by atoms with E-state index in [1.54, 1.807) is 0 Å². The molecule has 1 atom stereocenters. The summed E-state index contributed by atoms with van der Waals surface area (Å²) in [6.45, 7) is 6.05. The first kappa shape index (κ1) is 18.7. The quantitative estimate of drug-likeness (QED) is 0.584. The van der Waals surface area contributed by atoms with Gasteiger partial charge in [-0.1, -0.05) is 30.3 Å². The number of rotatable bonds is 8. The second-order valence-corrected chi connectivity index (χ2v) is 5.77. The maximum absolute atomic E-state index is 11.8. The van der Waals surface area contributed by atoms with E-state index in [2.05, 4.69) is 4.99 Å². The first-order valence-electron chi connectivity index (χ1n) is 7.11. The molecule has 7 heteroatoms. The molecule has 0 aliphatic rings. The third-order valence-electron chi connectivity index (χ3n) is 2.46. The number of hydrogen-bond donors (Lipinski definition) is 1. The second kappa shape index (κ2) is 10.4. The Morgan fingerprint density at radius 2 is 1.82 bits per heavy atom. The molecule has 0 bridgehead atoms. The highest BCUT2D eigenvalue weighted by Gasteiger charge is 2.24. The van der Waals surface area contributed by atoms with Crippen LogP contribution in [0.15, 0.2) is 35.3 Å². The minimum atomic E-state index is -1.56. The number of aliphatic hydroxyl groups excluding tert-OH is 1. The molecule has 0 saturated heterocycles. The topological polar surface area (TPSA) is 77.4 Å². The van der Waals surface area contributed by atoms with Crippen LogP contribution in [0.25, 0.3) is 0 Å². The van der Waals surface area contributed by atoms with Crippen LogP contribution in [-0.4, -0.2) is 36.0 Å². The lowest BCUT2D eigenvalue weighted by molar-refractivity contribution is 0.150. The van der Waals surface area contributed by atoms with Gasteiger partial charge in [0.2, 0.25) is 8.38 Å². The molecule has 0 radical (unpaired) electrons. The largest absolute Gasteiger partial charge is 0.443 e. The molecule has 1 amide bonds. The zero-order valence-electron chi connectivity index (χ0n) is 13.1. The van der Waals surface area contributed by atoms with Gasteiger partial charge in [0.15, 0.2) is 0 Å². The molecule has 6 nitrogen and oxygen atoms in total. The van der Waals surface area contributed by atoms with Crippen LogP contribution < -0.4 is 0 Å². The Bertz CT molecular complexity index is 472. The van der Waals surface area contributed by atoms with Gasteiger partial charge in [0.1, 0.15) is 12.1 Å². The van der Waals surface area contributed by atoms with Gasteiger partial charge < -0.3 is 18.9 Å². The van der Waals surface area contributed by atoms with E-state index in [1.807, 2.05) is 44.2 Å². The number of nitrogens with zero attached hydrogens (tertiary/aromatic N) is 1. The summed E-state index contributed by atoms with van der Waals surface area (Å²) < 4.78 is 15.9. The van der Waals surface area contributed by atoms with Gasteiger partial charge in [0, 0.05) is 0 Å². The number of ether oxygens (including phenoxy) is 1. The van der Waals surface area contributed by atoms with Crippen molar-refractivity contribution >= 4 is 19.9 Å². The van der Waals surface area contributed by atoms with E-state index in [0.717, 1.165) is 5.56 Å². The molecule has 0 spiro atoms. The van der Waals surface area contributed by atoms with Crippen LogP contribution in [0.3, 0.4) is 0 Å². The van der Waals surface area contributed by atoms with Gasteiger partial charge >= 0.3 is 6.09 Å². The van der Waals surface area contributed by atoms with Gasteiger partial charge in [-0.25, -0.2) is 4.79 Å². The number of hydrogen-bond acceptors (Lipinski definition) is 5. The van der Waals surface area contributed by atoms with E-state index in [0.29, 0.717) is 13.2 Å². The maximum atomic E-state index is 11.8. The summed E-state index contributed by atoms with van der Waals surface area (Å²) in [6, 6.07) is 9.29. The second-order valence-electron chi connectivity index (χ2n) is 4.28. The highest BCUT2D eigenvalue weighted by molar-refractivity contribution is 7.66. The molecule has 1 unspecified atom stereocenters. The fourth-order valence-corrected chi connectivity index (χ4v) is 2.81.